The predicted octanol–water partition coefficient (Wildman–Crippen LogP) is 1.88. The van der Waals surface area contributed by atoms with Crippen LogP contribution in [-0.2, 0) is 14.3 Å². The Kier molecular flexibility index (Phi) is 5.01. The summed E-state index contributed by atoms with van der Waals surface area (Å²) in [5.74, 6) is 0.406. The van der Waals surface area contributed by atoms with Crippen molar-refractivity contribution in [1.29, 1.82) is 0 Å². The van der Waals surface area contributed by atoms with Crippen LogP contribution in [0.2, 0.25) is 0 Å². The zero-order valence-electron chi connectivity index (χ0n) is 11.5. The molecule has 0 aromatic rings. The third-order valence-corrected chi connectivity index (χ3v) is 4.01. The minimum atomic E-state index is -0.295. The van der Waals surface area contributed by atoms with Crippen molar-refractivity contribution in [3.05, 3.63) is 0 Å². The van der Waals surface area contributed by atoms with Gasteiger partial charge in [-0.05, 0) is 31.6 Å². The molecule has 1 N–H and O–H groups in total. The molecule has 104 valence electrons. The quantitative estimate of drug-likeness (QED) is 0.736. The van der Waals surface area contributed by atoms with Crippen LogP contribution >= 0.6 is 0 Å². The second-order valence-corrected chi connectivity index (χ2v) is 5.65. The highest BCUT2D eigenvalue weighted by Gasteiger charge is 2.30. The van der Waals surface area contributed by atoms with Crippen molar-refractivity contribution in [2.45, 2.75) is 63.6 Å². The first-order valence-corrected chi connectivity index (χ1v) is 7.16. The van der Waals surface area contributed by atoms with E-state index in [4.69, 9.17) is 9.47 Å². The molecule has 3 atom stereocenters. The summed E-state index contributed by atoms with van der Waals surface area (Å²) in [5.41, 5.74) is 0. The summed E-state index contributed by atoms with van der Waals surface area (Å²) in [5, 5.41) is 3.30. The Balaban J connectivity index is 1.78. The molecule has 0 aliphatic heterocycles. The smallest absolute Gasteiger partial charge is 0.325 e. The lowest BCUT2D eigenvalue weighted by molar-refractivity contribution is -0.146. The zero-order valence-corrected chi connectivity index (χ0v) is 11.5. The lowest BCUT2D eigenvalue weighted by Crippen LogP contribution is -2.44. The fraction of sp³-hybridized carbons (Fsp3) is 0.929. The van der Waals surface area contributed by atoms with Crippen LogP contribution in [-0.4, -0.2) is 37.9 Å². The summed E-state index contributed by atoms with van der Waals surface area (Å²) in [4.78, 5) is 11.7. The molecule has 2 fully saturated rings. The summed E-state index contributed by atoms with van der Waals surface area (Å²) in [6.45, 7) is 2.68. The van der Waals surface area contributed by atoms with Crippen molar-refractivity contribution < 1.29 is 14.3 Å². The molecule has 0 amide bonds. The van der Waals surface area contributed by atoms with Crippen LogP contribution in [0.5, 0.6) is 0 Å². The number of ether oxygens (including phenoxy) is 2. The van der Waals surface area contributed by atoms with Gasteiger partial charge in [-0.3, -0.25) is 10.1 Å². The van der Waals surface area contributed by atoms with Crippen LogP contribution in [0.25, 0.3) is 0 Å². The molecule has 0 radical (unpaired) electrons. The number of methoxy groups -OCH3 is 1. The maximum Gasteiger partial charge on any atom is 0.325 e. The second-order valence-electron chi connectivity index (χ2n) is 5.65. The molecule has 2 saturated carbocycles. The largest absolute Gasteiger partial charge is 0.468 e. The highest BCUT2D eigenvalue weighted by molar-refractivity contribution is 5.75. The Labute approximate surface area is 109 Å². The van der Waals surface area contributed by atoms with Gasteiger partial charge >= 0.3 is 5.97 Å². The fourth-order valence-electron chi connectivity index (χ4n) is 2.61. The Morgan fingerprint density at radius 2 is 2.00 bits per heavy atom. The van der Waals surface area contributed by atoms with Gasteiger partial charge in [0.05, 0.1) is 19.8 Å². The number of nitrogens with one attached hydrogen (secondary N) is 1. The van der Waals surface area contributed by atoms with E-state index in [0.29, 0.717) is 24.7 Å². The lowest BCUT2D eigenvalue weighted by Gasteiger charge is -2.30. The Morgan fingerprint density at radius 1 is 1.28 bits per heavy atom. The SMILES string of the molecule is COC(=O)C(COC1CCCCC1C)NC1CC1. The van der Waals surface area contributed by atoms with Crippen molar-refractivity contribution >= 4 is 5.97 Å². The van der Waals surface area contributed by atoms with Crippen LogP contribution in [0.1, 0.15) is 45.4 Å². The maximum atomic E-state index is 11.7. The molecule has 0 heterocycles. The summed E-state index contributed by atoms with van der Waals surface area (Å²) in [7, 11) is 1.44. The molecule has 0 spiro atoms. The third-order valence-electron chi connectivity index (χ3n) is 4.01. The molecule has 0 bridgehead atoms. The van der Waals surface area contributed by atoms with E-state index in [-0.39, 0.29) is 12.0 Å². The number of carbonyl (C=O) groups excluding carboxylic acids is 1. The molecule has 0 aromatic carbocycles. The minimum absolute atomic E-state index is 0.203. The predicted molar refractivity (Wildman–Crippen MR) is 69.3 cm³/mol. The second kappa shape index (κ2) is 6.53. The van der Waals surface area contributed by atoms with E-state index in [2.05, 4.69) is 12.2 Å². The first-order chi connectivity index (χ1) is 8.70. The lowest BCUT2D eigenvalue weighted by atomic mass is 9.88. The summed E-state index contributed by atoms with van der Waals surface area (Å²) in [6, 6.07) is 0.193. The van der Waals surface area contributed by atoms with Crippen molar-refractivity contribution in [3.8, 4) is 0 Å². The number of hydrogen-bond donors (Lipinski definition) is 1. The van der Waals surface area contributed by atoms with Gasteiger partial charge in [0.1, 0.15) is 6.04 Å². The Hall–Kier alpha value is -0.610. The summed E-state index contributed by atoms with van der Waals surface area (Å²) in [6.07, 6.45) is 7.55. The standard InChI is InChI=1S/C14H25NO3/c1-10-5-3-4-6-13(10)18-9-12(14(16)17-2)15-11-7-8-11/h10-13,15H,3-9H2,1-2H3. The number of carbonyl (C=O) groups is 1. The van der Waals surface area contributed by atoms with Crippen LogP contribution in [0.4, 0.5) is 0 Å². The van der Waals surface area contributed by atoms with Gasteiger partial charge in [-0.25, -0.2) is 0 Å². The summed E-state index contributed by atoms with van der Waals surface area (Å²) >= 11 is 0. The normalized spacial score (nSPS) is 29.9. The number of hydrogen-bond acceptors (Lipinski definition) is 4. The van der Waals surface area contributed by atoms with Gasteiger partial charge in [-0.2, -0.15) is 0 Å². The molecule has 2 aliphatic carbocycles. The minimum Gasteiger partial charge on any atom is -0.468 e. The average molecular weight is 255 g/mol. The average Bonchev–Trinajstić information content (AvgIpc) is 3.19. The first-order valence-electron chi connectivity index (χ1n) is 7.16. The number of esters is 1. The van der Waals surface area contributed by atoms with Gasteiger partial charge in [0.2, 0.25) is 0 Å². The topological polar surface area (TPSA) is 47.6 Å². The van der Waals surface area contributed by atoms with E-state index in [9.17, 15) is 4.79 Å². The van der Waals surface area contributed by atoms with Crippen molar-refractivity contribution in [1.82, 2.24) is 5.32 Å². The first kappa shape index (κ1) is 13.8. The summed E-state index contributed by atoms with van der Waals surface area (Å²) < 4.78 is 10.8. The van der Waals surface area contributed by atoms with Gasteiger partial charge in [-0.15, -0.1) is 0 Å². The van der Waals surface area contributed by atoms with Gasteiger partial charge < -0.3 is 9.47 Å². The van der Waals surface area contributed by atoms with E-state index in [0.717, 1.165) is 19.3 Å². The molecule has 3 unspecified atom stereocenters. The van der Waals surface area contributed by atoms with Gasteiger partial charge in [0.15, 0.2) is 0 Å². The molecule has 2 rings (SSSR count). The highest BCUT2D eigenvalue weighted by Crippen LogP contribution is 2.26. The van der Waals surface area contributed by atoms with E-state index in [1.165, 1.54) is 26.4 Å². The van der Waals surface area contributed by atoms with Gasteiger partial charge in [0.25, 0.3) is 0 Å². The molecule has 18 heavy (non-hydrogen) atoms. The Morgan fingerprint density at radius 3 is 2.61 bits per heavy atom. The van der Waals surface area contributed by atoms with Crippen molar-refractivity contribution in [2.24, 2.45) is 5.92 Å². The van der Waals surface area contributed by atoms with E-state index in [1.807, 2.05) is 0 Å². The molecular formula is C14H25NO3. The zero-order chi connectivity index (χ0) is 13.0. The molecule has 0 aromatic heterocycles. The third kappa shape index (κ3) is 3.95. The van der Waals surface area contributed by atoms with E-state index in [1.54, 1.807) is 0 Å². The molecule has 4 heteroatoms. The maximum absolute atomic E-state index is 11.7. The monoisotopic (exact) mass is 255 g/mol. The Bertz CT molecular complexity index is 278. The number of rotatable bonds is 6. The van der Waals surface area contributed by atoms with Gasteiger partial charge in [-0.1, -0.05) is 19.8 Å². The van der Waals surface area contributed by atoms with Crippen LogP contribution in [0.3, 0.4) is 0 Å². The van der Waals surface area contributed by atoms with Crippen molar-refractivity contribution in [2.75, 3.05) is 13.7 Å². The van der Waals surface area contributed by atoms with E-state index < -0.39 is 0 Å². The molecule has 2 aliphatic rings. The molecule has 0 saturated heterocycles. The van der Waals surface area contributed by atoms with Crippen LogP contribution < -0.4 is 5.32 Å². The fourth-order valence-corrected chi connectivity index (χ4v) is 2.61. The molecule has 4 nitrogen and oxygen atoms in total. The van der Waals surface area contributed by atoms with Gasteiger partial charge in [0, 0.05) is 6.04 Å². The van der Waals surface area contributed by atoms with Crippen LogP contribution in [0.15, 0.2) is 0 Å². The van der Waals surface area contributed by atoms with Crippen LogP contribution in [0, 0.1) is 5.92 Å². The molecular weight excluding hydrogens is 230 g/mol. The highest BCUT2D eigenvalue weighted by atomic mass is 16.5. The van der Waals surface area contributed by atoms with E-state index >= 15 is 0 Å². The van der Waals surface area contributed by atoms with Crippen molar-refractivity contribution in [3.63, 3.8) is 0 Å².